The van der Waals surface area contributed by atoms with Crippen LogP contribution in [0.5, 0.6) is 0 Å². The Morgan fingerprint density at radius 1 is 1.04 bits per heavy atom. The van der Waals surface area contributed by atoms with Gasteiger partial charge in [0.1, 0.15) is 6.54 Å². The zero-order chi connectivity index (χ0) is 19.5. The maximum absolute atomic E-state index is 12.9. The van der Waals surface area contributed by atoms with Crippen molar-refractivity contribution in [2.45, 2.75) is 4.90 Å². The Balaban J connectivity index is 2.67. The monoisotopic (exact) mass is 381 g/mol. The molecule has 0 saturated heterocycles. The lowest BCUT2D eigenvalue weighted by Gasteiger charge is -2.22. The molecule has 0 aliphatic rings. The number of carbonyl (C=O) groups is 1. The summed E-state index contributed by atoms with van der Waals surface area (Å²) in [5.41, 5.74) is -1.51. The first-order chi connectivity index (χ1) is 12.1. The predicted molar refractivity (Wildman–Crippen MR) is 88.4 cm³/mol. The molecule has 0 saturated carbocycles. The molecule has 12 heteroatoms. The number of rotatable bonds is 7. The molecular weight excluding hydrogens is 370 g/mol. The molecule has 26 heavy (non-hydrogen) atoms. The van der Waals surface area contributed by atoms with Gasteiger partial charge >= 0.3 is 5.97 Å². The van der Waals surface area contributed by atoms with Crippen LogP contribution in [0.1, 0.15) is 0 Å². The number of sulfonamides is 1. The summed E-state index contributed by atoms with van der Waals surface area (Å²) in [5, 5.41) is 31.0. The van der Waals surface area contributed by atoms with Crippen LogP contribution in [-0.2, 0) is 14.8 Å². The van der Waals surface area contributed by atoms with E-state index >= 15 is 0 Å². The summed E-state index contributed by atoms with van der Waals surface area (Å²) in [6, 6.07) is 8.71. The topological polar surface area (TPSA) is 161 Å². The van der Waals surface area contributed by atoms with Crippen LogP contribution in [0.4, 0.5) is 17.1 Å². The fraction of sp³-hybridized carbons (Fsp3) is 0.0714. The van der Waals surface area contributed by atoms with Crippen LogP contribution in [0, 0.1) is 20.2 Å². The largest absolute Gasteiger partial charge is 0.480 e. The number of hydrogen-bond acceptors (Lipinski definition) is 7. The van der Waals surface area contributed by atoms with Crippen molar-refractivity contribution in [1.82, 2.24) is 0 Å². The zero-order valence-electron chi connectivity index (χ0n) is 12.9. The highest BCUT2D eigenvalue weighted by atomic mass is 32.2. The van der Waals surface area contributed by atoms with Crippen molar-refractivity contribution in [3.63, 3.8) is 0 Å². The van der Waals surface area contributed by atoms with E-state index in [-0.39, 0.29) is 5.69 Å². The molecule has 0 heterocycles. The fourth-order valence-corrected chi connectivity index (χ4v) is 3.71. The Hall–Kier alpha value is -3.54. The maximum Gasteiger partial charge on any atom is 0.324 e. The second-order valence-electron chi connectivity index (χ2n) is 4.91. The van der Waals surface area contributed by atoms with Gasteiger partial charge in [0.25, 0.3) is 21.4 Å². The van der Waals surface area contributed by atoms with Gasteiger partial charge in [-0.1, -0.05) is 18.2 Å². The van der Waals surface area contributed by atoms with Gasteiger partial charge in [-0.05, 0) is 12.1 Å². The minimum absolute atomic E-state index is 0.306. The molecule has 1 N–H and O–H groups in total. The van der Waals surface area contributed by atoms with E-state index in [1.807, 2.05) is 0 Å². The number of para-hydroxylation sites is 1. The van der Waals surface area contributed by atoms with Gasteiger partial charge < -0.3 is 5.11 Å². The fourth-order valence-electron chi connectivity index (χ4n) is 2.14. The van der Waals surface area contributed by atoms with Crippen LogP contribution in [0.3, 0.4) is 0 Å². The molecule has 2 aromatic carbocycles. The standard InChI is InChI=1S/C14H11N3O8S/c18-14(19)9-15(10-4-3-5-11(8-10)16(20)21)26(24,25)13-7-2-1-6-12(13)17(22)23/h1-8H,9H2,(H,18,19). The summed E-state index contributed by atoms with van der Waals surface area (Å²) in [5.74, 6) is -1.54. The number of nitrogens with zero attached hydrogens (tertiary/aromatic N) is 3. The average molecular weight is 381 g/mol. The summed E-state index contributed by atoms with van der Waals surface area (Å²) in [7, 11) is -4.68. The predicted octanol–water partition coefficient (Wildman–Crippen LogP) is 1.78. The lowest BCUT2D eigenvalue weighted by molar-refractivity contribution is -0.387. The number of hydrogen-bond donors (Lipinski definition) is 1. The third kappa shape index (κ3) is 3.75. The number of anilines is 1. The third-order valence-corrected chi connectivity index (χ3v) is 5.06. The number of nitro groups is 2. The van der Waals surface area contributed by atoms with E-state index in [4.69, 9.17) is 5.11 Å². The molecule has 0 radical (unpaired) electrons. The third-order valence-electron chi connectivity index (χ3n) is 3.24. The second-order valence-corrected chi connectivity index (χ2v) is 6.74. The van der Waals surface area contributed by atoms with Crippen molar-refractivity contribution < 1.29 is 28.2 Å². The van der Waals surface area contributed by atoms with Crippen molar-refractivity contribution in [1.29, 1.82) is 0 Å². The molecule has 0 unspecified atom stereocenters. The molecule has 0 aliphatic heterocycles. The van der Waals surface area contributed by atoms with Crippen LogP contribution < -0.4 is 4.31 Å². The normalized spacial score (nSPS) is 10.9. The molecule has 0 spiro atoms. The van der Waals surface area contributed by atoms with E-state index in [0.717, 1.165) is 30.3 Å². The number of non-ortho nitro benzene ring substituents is 1. The molecule has 11 nitrogen and oxygen atoms in total. The quantitative estimate of drug-likeness (QED) is 0.560. The molecule has 2 aromatic rings. The number of nitro benzene ring substituents is 2. The van der Waals surface area contributed by atoms with E-state index < -0.39 is 48.7 Å². The lowest BCUT2D eigenvalue weighted by atomic mass is 10.3. The maximum atomic E-state index is 12.9. The second kappa shape index (κ2) is 7.14. The van der Waals surface area contributed by atoms with Gasteiger partial charge in [0.2, 0.25) is 0 Å². The molecule has 0 aromatic heterocycles. The van der Waals surface area contributed by atoms with Crippen LogP contribution in [0.2, 0.25) is 0 Å². The molecule has 0 bridgehead atoms. The molecule has 0 atom stereocenters. The van der Waals surface area contributed by atoms with E-state index in [1.165, 1.54) is 18.2 Å². The Kier molecular flexibility index (Phi) is 5.16. The number of benzene rings is 2. The highest BCUT2D eigenvalue weighted by molar-refractivity contribution is 7.93. The van der Waals surface area contributed by atoms with Gasteiger partial charge in [0.05, 0.1) is 15.5 Å². The van der Waals surface area contributed by atoms with Crippen molar-refractivity contribution in [3.8, 4) is 0 Å². The molecule has 0 aliphatic carbocycles. The lowest BCUT2D eigenvalue weighted by Crippen LogP contribution is -2.36. The number of carboxylic acid groups (broad SMARTS) is 1. The Bertz CT molecular complexity index is 989. The first kappa shape index (κ1) is 18.8. The van der Waals surface area contributed by atoms with Crippen LogP contribution in [0.15, 0.2) is 53.4 Å². The minimum atomic E-state index is -4.68. The van der Waals surface area contributed by atoms with Gasteiger partial charge in [0.15, 0.2) is 4.90 Å². The van der Waals surface area contributed by atoms with Gasteiger partial charge in [-0.3, -0.25) is 29.3 Å². The van der Waals surface area contributed by atoms with E-state index in [1.54, 1.807) is 0 Å². The summed E-state index contributed by atoms with van der Waals surface area (Å²) in [6.45, 7) is -1.07. The SMILES string of the molecule is O=C(O)CN(c1cccc([N+](=O)[O-])c1)S(=O)(=O)c1ccccc1[N+](=O)[O-]. The molecular formula is C14H11N3O8S. The van der Waals surface area contributed by atoms with Crippen molar-refractivity contribution in [2.75, 3.05) is 10.8 Å². The Labute approximate surface area is 146 Å². The molecule has 0 fully saturated rings. The van der Waals surface area contributed by atoms with Crippen LogP contribution >= 0.6 is 0 Å². The van der Waals surface area contributed by atoms with Crippen molar-refractivity contribution in [2.24, 2.45) is 0 Å². The zero-order valence-corrected chi connectivity index (χ0v) is 13.7. The van der Waals surface area contributed by atoms with E-state index in [0.29, 0.717) is 4.31 Å². The van der Waals surface area contributed by atoms with Gasteiger partial charge in [-0.2, -0.15) is 0 Å². The number of aliphatic carboxylic acids is 1. The smallest absolute Gasteiger partial charge is 0.324 e. The van der Waals surface area contributed by atoms with Crippen LogP contribution in [-0.4, -0.2) is 35.9 Å². The van der Waals surface area contributed by atoms with Gasteiger partial charge in [-0.15, -0.1) is 0 Å². The van der Waals surface area contributed by atoms with Gasteiger partial charge in [-0.25, -0.2) is 8.42 Å². The van der Waals surface area contributed by atoms with Crippen molar-refractivity contribution >= 4 is 33.1 Å². The Morgan fingerprint density at radius 3 is 2.27 bits per heavy atom. The summed E-state index contributed by atoms with van der Waals surface area (Å²) in [6.07, 6.45) is 0. The van der Waals surface area contributed by atoms with Crippen molar-refractivity contribution in [3.05, 3.63) is 68.8 Å². The highest BCUT2D eigenvalue weighted by Crippen LogP contribution is 2.31. The summed E-state index contributed by atoms with van der Waals surface area (Å²) in [4.78, 5) is 30.7. The minimum Gasteiger partial charge on any atom is -0.480 e. The molecule has 0 amide bonds. The molecule has 2 rings (SSSR count). The first-order valence-corrected chi connectivity index (χ1v) is 8.31. The van der Waals surface area contributed by atoms with E-state index in [2.05, 4.69) is 0 Å². The van der Waals surface area contributed by atoms with Crippen LogP contribution in [0.25, 0.3) is 0 Å². The first-order valence-electron chi connectivity index (χ1n) is 6.87. The molecule has 136 valence electrons. The van der Waals surface area contributed by atoms with E-state index in [9.17, 15) is 33.4 Å². The van der Waals surface area contributed by atoms with Gasteiger partial charge in [0, 0.05) is 18.2 Å². The average Bonchev–Trinajstić information content (AvgIpc) is 2.59. The Morgan fingerprint density at radius 2 is 1.69 bits per heavy atom. The summed E-state index contributed by atoms with van der Waals surface area (Å²) >= 11 is 0. The summed E-state index contributed by atoms with van der Waals surface area (Å²) < 4.78 is 26.1. The highest BCUT2D eigenvalue weighted by Gasteiger charge is 2.33. The number of carboxylic acids is 1.